The van der Waals surface area contributed by atoms with Crippen LogP contribution in [0.25, 0.3) is 0 Å². The van der Waals surface area contributed by atoms with Crippen LogP contribution in [-0.2, 0) is 10.5 Å². The maximum Gasteiger partial charge on any atom is 0.230 e. The Labute approximate surface area is 131 Å². The van der Waals surface area contributed by atoms with Gasteiger partial charge in [-0.1, -0.05) is 31.4 Å². The van der Waals surface area contributed by atoms with Crippen molar-refractivity contribution in [3.8, 4) is 6.07 Å². The number of nitriles is 1. The van der Waals surface area contributed by atoms with Gasteiger partial charge in [-0.25, -0.2) is 0 Å². The molecule has 21 heavy (non-hydrogen) atoms. The number of hydrogen-bond acceptors (Lipinski definition) is 3. The van der Waals surface area contributed by atoms with Crippen LogP contribution in [0.1, 0.15) is 43.2 Å². The van der Waals surface area contributed by atoms with E-state index < -0.39 is 0 Å². The van der Waals surface area contributed by atoms with Crippen molar-refractivity contribution in [3.05, 3.63) is 35.4 Å². The minimum atomic E-state index is 0.138. The Hall–Kier alpha value is -1.47. The molecule has 4 heteroatoms. The molecule has 0 spiro atoms. The first-order valence-corrected chi connectivity index (χ1v) is 8.77. The maximum atomic E-state index is 11.8. The van der Waals surface area contributed by atoms with E-state index in [9.17, 15) is 4.79 Å². The quantitative estimate of drug-likeness (QED) is 0.875. The van der Waals surface area contributed by atoms with Gasteiger partial charge in [-0.3, -0.25) is 4.79 Å². The van der Waals surface area contributed by atoms with Gasteiger partial charge in [0.15, 0.2) is 0 Å². The molecule has 3 nitrogen and oxygen atoms in total. The molecule has 1 aromatic carbocycles. The summed E-state index contributed by atoms with van der Waals surface area (Å²) in [5.41, 5.74) is 1.83. The first-order valence-electron chi connectivity index (χ1n) is 7.61. The van der Waals surface area contributed by atoms with Crippen LogP contribution in [0.4, 0.5) is 0 Å². The molecular formula is C17H22N2OS. The molecule has 2 rings (SSSR count). The van der Waals surface area contributed by atoms with Crippen LogP contribution in [0.3, 0.4) is 0 Å². The lowest BCUT2D eigenvalue weighted by Gasteiger charge is -2.21. The van der Waals surface area contributed by atoms with Crippen LogP contribution in [0.15, 0.2) is 24.3 Å². The summed E-state index contributed by atoms with van der Waals surface area (Å²) in [7, 11) is 0. The van der Waals surface area contributed by atoms with E-state index in [1.54, 1.807) is 11.8 Å². The Balaban J connectivity index is 1.61. The Bertz CT molecular complexity index is 487. The Morgan fingerprint density at radius 1 is 1.24 bits per heavy atom. The lowest BCUT2D eigenvalue weighted by Crippen LogP contribution is -2.31. The van der Waals surface area contributed by atoms with Crippen LogP contribution in [0.5, 0.6) is 0 Å². The van der Waals surface area contributed by atoms with Crippen molar-refractivity contribution in [2.24, 2.45) is 5.92 Å². The largest absolute Gasteiger partial charge is 0.355 e. The third-order valence-corrected chi connectivity index (χ3v) is 4.90. The van der Waals surface area contributed by atoms with Crippen molar-refractivity contribution in [1.82, 2.24) is 5.32 Å². The second-order valence-electron chi connectivity index (χ2n) is 5.61. The summed E-state index contributed by atoms with van der Waals surface area (Å²) < 4.78 is 0. The fourth-order valence-electron chi connectivity index (χ4n) is 2.64. The number of carbonyl (C=O) groups excluding carboxylic acids is 1. The zero-order chi connectivity index (χ0) is 14.9. The van der Waals surface area contributed by atoms with Gasteiger partial charge in [0, 0.05) is 12.3 Å². The molecule has 1 amide bonds. The Morgan fingerprint density at radius 3 is 2.62 bits per heavy atom. The molecule has 112 valence electrons. The number of carbonyl (C=O) groups is 1. The monoisotopic (exact) mass is 302 g/mol. The molecule has 0 heterocycles. The van der Waals surface area contributed by atoms with Gasteiger partial charge >= 0.3 is 0 Å². The number of amides is 1. The SMILES string of the molecule is N#Cc1ccc(CSCC(=O)NCC2CCCCC2)cc1. The molecular weight excluding hydrogens is 280 g/mol. The van der Waals surface area contributed by atoms with E-state index in [1.807, 2.05) is 24.3 Å². The number of thioether (sulfide) groups is 1. The molecule has 0 saturated heterocycles. The average molecular weight is 302 g/mol. The molecule has 1 N–H and O–H groups in total. The van der Waals surface area contributed by atoms with E-state index in [-0.39, 0.29) is 5.91 Å². The summed E-state index contributed by atoms with van der Waals surface area (Å²) in [5.74, 6) is 2.14. The lowest BCUT2D eigenvalue weighted by atomic mass is 9.89. The molecule has 0 aliphatic heterocycles. The highest BCUT2D eigenvalue weighted by molar-refractivity contribution is 7.99. The molecule has 0 atom stereocenters. The number of nitrogens with one attached hydrogen (secondary N) is 1. The van der Waals surface area contributed by atoms with Gasteiger partial charge in [-0.15, -0.1) is 11.8 Å². The number of nitrogens with zero attached hydrogens (tertiary/aromatic N) is 1. The second kappa shape index (κ2) is 8.74. The van der Waals surface area contributed by atoms with Gasteiger partial charge in [0.2, 0.25) is 5.91 Å². The fourth-order valence-corrected chi connectivity index (χ4v) is 3.46. The summed E-state index contributed by atoms with van der Waals surface area (Å²) in [5, 5.41) is 11.8. The predicted molar refractivity (Wildman–Crippen MR) is 86.9 cm³/mol. The van der Waals surface area contributed by atoms with E-state index in [4.69, 9.17) is 5.26 Å². The van der Waals surface area contributed by atoms with Crippen molar-refractivity contribution in [1.29, 1.82) is 5.26 Å². The summed E-state index contributed by atoms with van der Waals surface area (Å²) in [6, 6.07) is 9.64. The average Bonchev–Trinajstić information content (AvgIpc) is 2.54. The summed E-state index contributed by atoms with van der Waals surface area (Å²) in [6.45, 7) is 0.844. The summed E-state index contributed by atoms with van der Waals surface area (Å²) in [6.07, 6.45) is 6.50. The maximum absolute atomic E-state index is 11.8. The molecule has 0 bridgehead atoms. The van der Waals surface area contributed by atoms with Crippen LogP contribution >= 0.6 is 11.8 Å². The van der Waals surface area contributed by atoms with Crippen LogP contribution in [-0.4, -0.2) is 18.2 Å². The first-order chi connectivity index (χ1) is 10.3. The van der Waals surface area contributed by atoms with Crippen molar-refractivity contribution in [3.63, 3.8) is 0 Å². The van der Waals surface area contributed by atoms with Crippen LogP contribution in [0, 0.1) is 17.2 Å². The number of rotatable bonds is 6. The van der Waals surface area contributed by atoms with Gasteiger partial charge in [0.25, 0.3) is 0 Å². The first kappa shape index (κ1) is 15.9. The molecule has 1 fully saturated rings. The van der Waals surface area contributed by atoms with Crippen molar-refractivity contribution >= 4 is 17.7 Å². The Morgan fingerprint density at radius 2 is 1.95 bits per heavy atom. The van der Waals surface area contributed by atoms with E-state index in [0.717, 1.165) is 17.9 Å². The molecule has 1 saturated carbocycles. The van der Waals surface area contributed by atoms with Crippen molar-refractivity contribution in [2.75, 3.05) is 12.3 Å². The zero-order valence-corrected chi connectivity index (χ0v) is 13.1. The Kier molecular flexibility index (Phi) is 6.62. The molecule has 0 aromatic heterocycles. The highest BCUT2D eigenvalue weighted by atomic mass is 32.2. The highest BCUT2D eigenvalue weighted by Gasteiger charge is 2.14. The van der Waals surface area contributed by atoms with E-state index in [1.165, 1.54) is 32.1 Å². The number of benzene rings is 1. The molecule has 0 unspecified atom stereocenters. The minimum Gasteiger partial charge on any atom is -0.355 e. The van der Waals surface area contributed by atoms with Gasteiger partial charge in [-0.05, 0) is 36.5 Å². The van der Waals surface area contributed by atoms with Crippen LogP contribution in [0.2, 0.25) is 0 Å². The van der Waals surface area contributed by atoms with Gasteiger partial charge < -0.3 is 5.32 Å². The van der Waals surface area contributed by atoms with Gasteiger partial charge in [0.05, 0.1) is 17.4 Å². The van der Waals surface area contributed by atoms with Crippen LogP contribution < -0.4 is 5.32 Å². The van der Waals surface area contributed by atoms with E-state index >= 15 is 0 Å². The molecule has 1 aromatic rings. The number of hydrogen-bond donors (Lipinski definition) is 1. The van der Waals surface area contributed by atoms with E-state index in [2.05, 4.69) is 11.4 Å². The standard InChI is InChI=1S/C17H22N2OS/c18-10-14-6-8-16(9-7-14)12-21-13-17(20)19-11-15-4-2-1-3-5-15/h6-9,15H,1-5,11-13H2,(H,19,20). The van der Waals surface area contributed by atoms with Gasteiger partial charge in [0.1, 0.15) is 0 Å². The van der Waals surface area contributed by atoms with Gasteiger partial charge in [-0.2, -0.15) is 5.26 Å². The molecule has 1 aliphatic rings. The summed E-state index contributed by atoms with van der Waals surface area (Å²) >= 11 is 1.62. The van der Waals surface area contributed by atoms with Crippen molar-refractivity contribution in [2.45, 2.75) is 37.9 Å². The predicted octanol–water partition coefficient (Wildman–Crippen LogP) is 3.49. The fraction of sp³-hybridized carbons (Fsp3) is 0.529. The third-order valence-electron chi connectivity index (χ3n) is 3.90. The molecule has 1 aliphatic carbocycles. The molecule has 0 radical (unpaired) electrons. The van der Waals surface area contributed by atoms with E-state index in [0.29, 0.717) is 17.2 Å². The second-order valence-corrected chi connectivity index (χ2v) is 6.60. The third kappa shape index (κ3) is 5.81. The normalized spacial score (nSPS) is 15.4. The zero-order valence-electron chi connectivity index (χ0n) is 12.3. The topological polar surface area (TPSA) is 52.9 Å². The lowest BCUT2D eigenvalue weighted by molar-refractivity contribution is -0.118. The highest BCUT2D eigenvalue weighted by Crippen LogP contribution is 2.22. The smallest absolute Gasteiger partial charge is 0.230 e. The van der Waals surface area contributed by atoms with Crippen molar-refractivity contribution < 1.29 is 4.79 Å². The summed E-state index contributed by atoms with van der Waals surface area (Å²) in [4.78, 5) is 11.8. The minimum absolute atomic E-state index is 0.138.